The third kappa shape index (κ3) is 5.02. The molecule has 1 amide bonds. The number of para-hydroxylation sites is 2. The highest BCUT2D eigenvalue weighted by molar-refractivity contribution is 5.92. The van der Waals surface area contributed by atoms with Crippen molar-refractivity contribution in [3.05, 3.63) is 76.6 Å². The zero-order chi connectivity index (χ0) is 18.2. The highest BCUT2D eigenvalue weighted by Crippen LogP contribution is 2.12. The van der Waals surface area contributed by atoms with E-state index >= 15 is 0 Å². The predicted molar refractivity (Wildman–Crippen MR) is 93.6 cm³/mol. The minimum absolute atomic E-state index is 0.0227. The molecular formula is C18H16N2O5. The molecule has 2 aromatic carbocycles. The van der Waals surface area contributed by atoms with Gasteiger partial charge in [-0.05, 0) is 24.3 Å². The SMILES string of the molecule is NCC(=O)Nc1ccccc1.O=C(O)c1cc2ccccc2oc1=O. The van der Waals surface area contributed by atoms with Crippen molar-refractivity contribution in [2.24, 2.45) is 5.73 Å². The summed E-state index contributed by atoms with van der Waals surface area (Å²) in [6.07, 6.45) is 0. The molecule has 0 aliphatic heterocycles. The lowest BCUT2D eigenvalue weighted by molar-refractivity contribution is -0.114. The summed E-state index contributed by atoms with van der Waals surface area (Å²) in [5.74, 6) is -1.44. The van der Waals surface area contributed by atoms with Gasteiger partial charge in [-0.15, -0.1) is 0 Å². The quantitative estimate of drug-likeness (QED) is 0.627. The van der Waals surface area contributed by atoms with Gasteiger partial charge in [-0.1, -0.05) is 36.4 Å². The Balaban J connectivity index is 0.000000186. The lowest BCUT2D eigenvalue weighted by atomic mass is 10.2. The van der Waals surface area contributed by atoms with E-state index in [-0.39, 0.29) is 18.0 Å². The number of aromatic carboxylic acids is 1. The Morgan fingerprint density at radius 1 is 1.04 bits per heavy atom. The molecule has 7 heteroatoms. The molecule has 0 atom stereocenters. The van der Waals surface area contributed by atoms with Crippen LogP contribution in [0.4, 0.5) is 5.69 Å². The molecule has 7 nitrogen and oxygen atoms in total. The average Bonchev–Trinajstić information content (AvgIpc) is 2.62. The predicted octanol–water partition coefficient (Wildman–Crippen LogP) is 2.07. The van der Waals surface area contributed by atoms with Crippen molar-refractivity contribution in [2.75, 3.05) is 11.9 Å². The molecule has 3 aromatic rings. The van der Waals surface area contributed by atoms with Crippen molar-refractivity contribution in [1.82, 2.24) is 0 Å². The van der Waals surface area contributed by atoms with E-state index in [1.54, 1.807) is 24.3 Å². The fourth-order valence-corrected chi connectivity index (χ4v) is 1.94. The third-order valence-electron chi connectivity index (χ3n) is 3.11. The van der Waals surface area contributed by atoms with Gasteiger partial charge in [0.05, 0.1) is 6.54 Å². The number of nitrogens with two attached hydrogens (primary N) is 1. The van der Waals surface area contributed by atoms with Crippen LogP contribution in [0.1, 0.15) is 10.4 Å². The molecule has 0 fully saturated rings. The van der Waals surface area contributed by atoms with Crippen LogP contribution in [0.2, 0.25) is 0 Å². The average molecular weight is 340 g/mol. The van der Waals surface area contributed by atoms with Crippen LogP contribution >= 0.6 is 0 Å². The summed E-state index contributed by atoms with van der Waals surface area (Å²) in [4.78, 5) is 32.5. The molecule has 4 N–H and O–H groups in total. The van der Waals surface area contributed by atoms with Gasteiger partial charge in [0.1, 0.15) is 11.1 Å². The maximum atomic E-state index is 11.1. The summed E-state index contributed by atoms with van der Waals surface area (Å²) in [6.45, 7) is 0.0227. The zero-order valence-corrected chi connectivity index (χ0v) is 13.1. The second kappa shape index (κ2) is 8.42. The Morgan fingerprint density at radius 2 is 1.68 bits per heavy atom. The fraction of sp³-hybridized carbons (Fsp3) is 0.0556. The van der Waals surface area contributed by atoms with Crippen LogP contribution < -0.4 is 16.7 Å². The van der Waals surface area contributed by atoms with Crippen LogP contribution in [-0.2, 0) is 4.79 Å². The summed E-state index contributed by atoms with van der Waals surface area (Å²) in [5.41, 5.74) is 5.11. The normalized spacial score (nSPS) is 9.80. The van der Waals surface area contributed by atoms with Gasteiger partial charge in [-0.25, -0.2) is 9.59 Å². The third-order valence-corrected chi connectivity index (χ3v) is 3.11. The minimum Gasteiger partial charge on any atom is -0.477 e. The van der Waals surface area contributed by atoms with Gasteiger partial charge in [0.25, 0.3) is 0 Å². The largest absolute Gasteiger partial charge is 0.477 e. The van der Waals surface area contributed by atoms with Gasteiger partial charge in [-0.3, -0.25) is 4.79 Å². The number of carbonyl (C=O) groups is 2. The topological polar surface area (TPSA) is 123 Å². The molecule has 0 bridgehead atoms. The Hall–Kier alpha value is -3.45. The first-order chi connectivity index (χ1) is 12.0. The molecule has 0 spiro atoms. The lowest BCUT2D eigenvalue weighted by Gasteiger charge is -2.00. The maximum Gasteiger partial charge on any atom is 0.351 e. The summed E-state index contributed by atoms with van der Waals surface area (Å²) < 4.78 is 4.82. The molecule has 0 unspecified atom stereocenters. The number of carboxylic acid groups (broad SMARTS) is 1. The number of rotatable bonds is 3. The lowest BCUT2D eigenvalue weighted by Crippen LogP contribution is -2.21. The first kappa shape index (κ1) is 17.9. The van der Waals surface area contributed by atoms with Crippen molar-refractivity contribution in [3.8, 4) is 0 Å². The van der Waals surface area contributed by atoms with Crippen LogP contribution in [0.15, 0.2) is 69.9 Å². The van der Waals surface area contributed by atoms with Crippen LogP contribution in [0, 0.1) is 0 Å². The second-order valence-corrected chi connectivity index (χ2v) is 4.91. The monoisotopic (exact) mass is 340 g/mol. The van der Waals surface area contributed by atoms with Crippen molar-refractivity contribution in [3.63, 3.8) is 0 Å². The van der Waals surface area contributed by atoms with E-state index in [4.69, 9.17) is 15.3 Å². The molecule has 0 aliphatic rings. The first-order valence-corrected chi connectivity index (χ1v) is 7.32. The molecule has 3 rings (SSSR count). The Bertz CT molecular complexity index is 935. The first-order valence-electron chi connectivity index (χ1n) is 7.32. The maximum absolute atomic E-state index is 11.1. The molecular weight excluding hydrogens is 324 g/mol. The van der Waals surface area contributed by atoms with Crippen LogP contribution in [-0.4, -0.2) is 23.5 Å². The van der Waals surface area contributed by atoms with Gasteiger partial charge in [-0.2, -0.15) is 0 Å². The fourth-order valence-electron chi connectivity index (χ4n) is 1.94. The number of anilines is 1. The van der Waals surface area contributed by atoms with Gasteiger partial charge >= 0.3 is 11.6 Å². The van der Waals surface area contributed by atoms with Crippen molar-refractivity contribution in [1.29, 1.82) is 0 Å². The Morgan fingerprint density at radius 3 is 2.32 bits per heavy atom. The summed E-state index contributed by atoms with van der Waals surface area (Å²) in [6, 6.07) is 17.3. The second-order valence-electron chi connectivity index (χ2n) is 4.91. The zero-order valence-electron chi connectivity index (χ0n) is 13.1. The van der Waals surface area contributed by atoms with Crippen molar-refractivity contribution >= 4 is 28.5 Å². The van der Waals surface area contributed by atoms with Crippen LogP contribution in [0.3, 0.4) is 0 Å². The molecule has 25 heavy (non-hydrogen) atoms. The number of hydrogen-bond acceptors (Lipinski definition) is 5. The number of benzene rings is 2. The molecule has 0 saturated carbocycles. The number of fused-ring (bicyclic) bond motifs is 1. The summed E-state index contributed by atoms with van der Waals surface area (Å²) in [5, 5.41) is 11.9. The van der Waals surface area contributed by atoms with E-state index in [2.05, 4.69) is 5.32 Å². The van der Waals surface area contributed by atoms with Gasteiger partial charge in [0.15, 0.2) is 0 Å². The summed E-state index contributed by atoms with van der Waals surface area (Å²) in [7, 11) is 0. The smallest absolute Gasteiger partial charge is 0.351 e. The molecule has 0 radical (unpaired) electrons. The van der Waals surface area contributed by atoms with Crippen molar-refractivity contribution in [2.45, 2.75) is 0 Å². The van der Waals surface area contributed by atoms with E-state index in [0.29, 0.717) is 11.0 Å². The highest BCUT2D eigenvalue weighted by Gasteiger charge is 2.11. The molecule has 0 saturated heterocycles. The Kier molecular flexibility index (Phi) is 6.02. The van der Waals surface area contributed by atoms with E-state index < -0.39 is 11.6 Å². The molecule has 1 heterocycles. The van der Waals surface area contributed by atoms with Crippen LogP contribution in [0.5, 0.6) is 0 Å². The molecule has 128 valence electrons. The van der Waals surface area contributed by atoms with Gasteiger partial charge < -0.3 is 20.6 Å². The van der Waals surface area contributed by atoms with E-state index in [0.717, 1.165) is 5.69 Å². The minimum atomic E-state index is -1.27. The standard InChI is InChI=1S/C10H6O4.C8H10N2O/c11-9(12)7-5-6-3-1-2-4-8(6)14-10(7)13;9-6-8(11)10-7-4-2-1-3-5-7/h1-5H,(H,11,12);1-5H,6,9H2,(H,10,11). The van der Waals surface area contributed by atoms with E-state index in [9.17, 15) is 14.4 Å². The van der Waals surface area contributed by atoms with Gasteiger partial charge in [0, 0.05) is 11.1 Å². The molecule has 1 aromatic heterocycles. The molecule has 0 aliphatic carbocycles. The number of hydrogen-bond donors (Lipinski definition) is 3. The number of carboxylic acids is 1. The number of nitrogens with one attached hydrogen (secondary N) is 1. The van der Waals surface area contributed by atoms with E-state index in [1.165, 1.54) is 6.07 Å². The van der Waals surface area contributed by atoms with Crippen LogP contribution in [0.25, 0.3) is 11.0 Å². The van der Waals surface area contributed by atoms with Gasteiger partial charge in [0.2, 0.25) is 5.91 Å². The number of carbonyl (C=O) groups excluding carboxylic acids is 1. The number of amides is 1. The van der Waals surface area contributed by atoms with E-state index in [1.807, 2.05) is 30.3 Å². The van der Waals surface area contributed by atoms with Crippen molar-refractivity contribution < 1.29 is 19.1 Å². The Labute approximate surface area is 142 Å². The summed E-state index contributed by atoms with van der Waals surface area (Å²) >= 11 is 0. The highest BCUT2D eigenvalue weighted by atomic mass is 16.4.